The summed E-state index contributed by atoms with van der Waals surface area (Å²) in [6, 6.07) is 4.77. The third-order valence-electron chi connectivity index (χ3n) is 1.91. The lowest BCUT2D eigenvalue weighted by molar-refractivity contribution is 0.0525. The van der Waals surface area contributed by atoms with Crippen molar-refractivity contribution < 1.29 is 14.3 Å². The number of rotatable bonds is 3. The summed E-state index contributed by atoms with van der Waals surface area (Å²) in [6.07, 6.45) is 0. The Labute approximate surface area is 98.3 Å². The second kappa shape index (κ2) is 5.38. The van der Waals surface area contributed by atoms with Gasteiger partial charge in [0.2, 0.25) is 0 Å². The highest BCUT2D eigenvalue weighted by atomic mass is 35.5. The predicted molar refractivity (Wildman–Crippen MR) is 58.7 cm³/mol. The zero-order valence-electron chi connectivity index (χ0n) is 8.91. The molecule has 0 aliphatic rings. The molecule has 0 bridgehead atoms. The van der Waals surface area contributed by atoms with Crippen LogP contribution < -0.4 is 4.74 Å². The van der Waals surface area contributed by atoms with Crippen LogP contribution in [0, 0.1) is 11.3 Å². The summed E-state index contributed by atoms with van der Waals surface area (Å²) in [5.74, 6) is -0.174. The highest BCUT2D eigenvalue weighted by molar-refractivity contribution is 6.32. The van der Waals surface area contributed by atoms with Gasteiger partial charge in [0.15, 0.2) is 0 Å². The average Bonchev–Trinajstić information content (AvgIpc) is 2.28. The van der Waals surface area contributed by atoms with Gasteiger partial charge < -0.3 is 9.47 Å². The first-order chi connectivity index (χ1) is 7.63. The molecule has 4 nitrogen and oxygen atoms in total. The van der Waals surface area contributed by atoms with E-state index in [1.54, 1.807) is 6.92 Å². The van der Waals surface area contributed by atoms with Gasteiger partial charge in [0.05, 0.1) is 29.9 Å². The minimum Gasteiger partial charge on any atom is -0.497 e. The monoisotopic (exact) mass is 239 g/mol. The molecule has 1 aromatic rings. The Morgan fingerprint density at radius 2 is 2.25 bits per heavy atom. The van der Waals surface area contributed by atoms with Gasteiger partial charge in [-0.25, -0.2) is 4.79 Å². The van der Waals surface area contributed by atoms with E-state index in [9.17, 15) is 4.79 Å². The zero-order chi connectivity index (χ0) is 12.1. The van der Waals surface area contributed by atoms with Gasteiger partial charge in [-0.15, -0.1) is 0 Å². The maximum absolute atomic E-state index is 11.6. The molecule has 16 heavy (non-hydrogen) atoms. The standard InChI is InChI=1S/C11H10ClNO3/c1-3-16-11(14)8-4-7(15-2)5-10(12)9(8)6-13/h4-5H,3H2,1-2H3. The number of halogens is 1. The van der Waals surface area contributed by atoms with E-state index in [1.165, 1.54) is 19.2 Å². The number of esters is 1. The van der Waals surface area contributed by atoms with E-state index in [0.717, 1.165) is 0 Å². The lowest BCUT2D eigenvalue weighted by atomic mass is 10.1. The molecule has 0 saturated heterocycles. The Bertz CT molecular complexity index is 451. The largest absolute Gasteiger partial charge is 0.497 e. The summed E-state index contributed by atoms with van der Waals surface area (Å²) in [4.78, 5) is 11.6. The van der Waals surface area contributed by atoms with Crippen LogP contribution in [-0.4, -0.2) is 19.7 Å². The molecule has 0 amide bonds. The summed E-state index contributed by atoms with van der Waals surface area (Å²) < 4.78 is 9.78. The molecule has 0 fully saturated rings. The van der Waals surface area contributed by atoms with Gasteiger partial charge in [-0.1, -0.05) is 11.6 Å². The Morgan fingerprint density at radius 1 is 1.56 bits per heavy atom. The maximum Gasteiger partial charge on any atom is 0.339 e. The van der Waals surface area contributed by atoms with Crippen LogP contribution in [0.5, 0.6) is 5.75 Å². The number of methoxy groups -OCH3 is 1. The summed E-state index contributed by atoms with van der Waals surface area (Å²) in [6.45, 7) is 1.92. The second-order valence-corrected chi connectivity index (χ2v) is 3.27. The molecule has 1 aromatic carbocycles. The highest BCUT2D eigenvalue weighted by Gasteiger charge is 2.17. The first kappa shape index (κ1) is 12.3. The Kier molecular flexibility index (Phi) is 4.15. The van der Waals surface area contributed by atoms with Crippen LogP contribution in [-0.2, 0) is 4.74 Å². The smallest absolute Gasteiger partial charge is 0.339 e. The van der Waals surface area contributed by atoms with Gasteiger partial charge in [0.1, 0.15) is 11.8 Å². The van der Waals surface area contributed by atoms with Crippen molar-refractivity contribution in [2.24, 2.45) is 0 Å². The molecule has 5 heteroatoms. The van der Waals surface area contributed by atoms with Crippen LogP contribution in [0.1, 0.15) is 22.8 Å². The van der Waals surface area contributed by atoms with Gasteiger partial charge in [0.25, 0.3) is 0 Å². The summed E-state index contributed by atoms with van der Waals surface area (Å²) in [5.41, 5.74) is 0.217. The number of nitrogens with zero attached hydrogens (tertiary/aromatic N) is 1. The molecule has 0 heterocycles. The van der Waals surface area contributed by atoms with Gasteiger partial charge in [-0.05, 0) is 13.0 Å². The molecule has 0 aromatic heterocycles. The van der Waals surface area contributed by atoms with Crippen LogP contribution in [0.25, 0.3) is 0 Å². The lowest BCUT2D eigenvalue weighted by Crippen LogP contribution is -2.07. The van der Waals surface area contributed by atoms with Crippen molar-refractivity contribution in [2.45, 2.75) is 6.92 Å². The van der Waals surface area contributed by atoms with Crippen molar-refractivity contribution in [1.29, 1.82) is 5.26 Å². The molecule has 0 radical (unpaired) electrons. The van der Waals surface area contributed by atoms with E-state index in [0.29, 0.717) is 5.75 Å². The fraction of sp³-hybridized carbons (Fsp3) is 0.273. The van der Waals surface area contributed by atoms with Crippen molar-refractivity contribution in [3.8, 4) is 11.8 Å². The van der Waals surface area contributed by atoms with Crippen molar-refractivity contribution >= 4 is 17.6 Å². The van der Waals surface area contributed by atoms with Crippen LogP contribution >= 0.6 is 11.6 Å². The van der Waals surface area contributed by atoms with E-state index in [-0.39, 0.29) is 22.8 Å². The number of benzene rings is 1. The quantitative estimate of drug-likeness (QED) is 0.760. The first-order valence-corrected chi connectivity index (χ1v) is 4.96. The molecule has 0 spiro atoms. The van der Waals surface area contributed by atoms with Gasteiger partial charge >= 0.3 is 5.97 Å². The van der Waals surface area contributed by atoms with E-state index in [4.69, 9.17) is 26.3 Å². The molecule has 0 aliphatic heterocycles. The Hall–Kier alpha value is -1.73. The van der Waals surface area contributed by atoms with E-state index >= 15 is 0 Å². The van der Waals surface area contributed by atoms with Gasteiger partial charge in [0, 0.05) is 6.07 Å². The topological polar surface area (TPSA) is 59.3 Å². The van der Waals surface area contributed by atoms with Crippen molar-refractivity contribution in [3.05, 3.63) is 28.3 Å². The molecule has 0 unspecified atom stereocenters. The number of carbonyl (C=O) groups excluding carboxylic acids is 1. The normalized spacial score (nSPS) is 9.38. The third kappa shape index (κ3) is 2.44. The van der Waals surface area contributed by atoms with Crippen LogP contribution in [0.4, 0.5) is 0 Å². The van der Waals surface area contributed by atoms with Crippen LogP contribution in [0.2, 0.25) is 5.02 Å². The summed E-state index contributed by atoms with van der Waals surface area (Å²) in [5, 5.41) is 9.07. The first-order valence-electron chi connectivity index (χ1n) is 4.58. The summed E-state index contributed by atoms with van der Waals surface area (Å²) >= 11 is 5.85. The van der Waals surface area contributed by atoms with Crippen molar-refractivity contribution in [2.75, 3.05) is 13.7 Å². The van der Waals surface area contributed by atoms with Crippen molar-refractivity contribution in [3.63, 3.8) is 0 Å². The number of carbonyl (C=O) groups is 1. The fourth-order valence-electron chi connectivity index (χ4n) is 1.18. The maximum atomic E-state index is 11.6. The van der Waals surface area contributed by atoms with Crippen molar-refractivity contribution in [1.82, 2.24) is 0 Å². The van der Waals surface area contributed by atoms with Crippen LogP contribution in [0.15, 0.2) is 12.1 Å². The van der Waals surface area contributed by atoms with E-state index < -0.39 is 5.97 Å². The van der Waals surface area contributed by atoms with Gasteiger partial charge in [-0.2, -0.15) is 5.26 Å². The molecule has 84 valence electrons. The minimum atomic E-state index is -0.583. The fourth-order valence-corrected chi connectivity index (χ4v) is 1.43. The SMILES string of the molecule is CCOC(=O)c1cc(OC)cc(Cl)c1C#N. The summed E-state index contributed by atoms with van der Waals surface area (Å²) in [7, 11) is 1.45. The zero-order valence-corrected chi connectivity index (χ0v) is 9.67. The number of hydrogen-bond donors (Lipinski definition) is 0. The Balaban J connectivity index is 3.29. The lowest BCUT2D eigenvalue weighted by Gasteiger charge is -2.07. The molecule has 1 rings (SSSR count). The molecule has 0 N–H and O–H groups in total. The van der Waals surface area contributed by atoms with Crippen LogP contribution in [0.3, 0.4) is 0 Å². The minimum absolute atomic E-state index is 0.0981. The van der Waals surface area contributed by atoms with Gasteiger partial charge in [-0.3, -0.25) is 0 Å². The second-order valence-electron chi connectivity index (χ2n) is 2.86. The predicted octanol–water partition coefficient (Wildman–Crippen LogP) is 2.40. The number of ether oxygens (including phenoxy) is 2. The molecule has 0 aliphatic carbocycles. The third-order valence-corrected chi connectivity index (χ3v) is 2.20. The van der Waals surface area contributed by atoms with E-state index in [2.05, 4.69) is 0 Å². The average molecular weight is 240 g/mol. The molecule has 0 atom stereocenters. The number of hydrogen-bond acceptors (Lipinski definition) is 4. The number of nitriles is 1. The molecular weight excluding hydrogens is 230 g/mol. The molecular formula is C11H10ClNO3. The highest BCUT2D eigenvalue weighted by Crippen LogP contribution is 2.26. The van der Waals surface area contributed by atoms with E-state index in [1.807, 2.05) is 6.07 Å². The Morgan fingerprint density at radius 3 is 2.75 bits per heavy atom. The molecule has 0 saturated carbocycles.